The van der Waals surface area contributed by atoms with Crippen LogP contribution in [0.25, 0.3) is 0 Å². The summed E-state index contributed by atoms with van der Waals surface area (Å²) in [5, 5.41) is 0. The fourth-order valence-corrected chi connectivity index (χ4v) is 1.42. The maximum atomic E-state index is 5.58. The van der Waals surface area contributed by atoms with E-state index in [9.17, 15) is 0 Å². The first-order chi connectivity index (χ1) is 9.22. The van der Waals surface area contributed by atoms with E-state index in [4.69, 9.17) is 14.2 Å². The van der Waals surface area contributed by atoms with Crippen LogP contribution in [-0.4, -0.2) is 52.0 Å². The van der Waals surface area contributed by atoms with Crippen molar-refractivity contribution < 1.29 is 14.2 Å². The van der Waals surface area contributed by atoms with Gasteiger partial charge < -0.3 is 19.1 Å². The molecule has 0 bridgehead atoms. The van der Waals surface area contributed by atoms with Gasteiger partial charge in [0.05, 0.1) is 19.8 Å². The summed E-state index contributed by atoms with van der Waals surface area (Å²) in [7, 11) is 4.06. The summed E-state index contributed by atoms with van der Waals surface area (Å²) in [5.41, 5.74) is 0. The molecule has 0 fully saturated rings. The lowest BCUT2D eigenvalue weighted by molar-refractivity contribution is 0.0890. The molecule has 0 aromatic heterocycles. The predicted molar refractivity (Wildman–Crippen MR) is 77.1 cm³/mol. The van der Waals surface area contributed by atoms with E-state index in [1.165, 1.54) is 0 Å². The molecule has 0 aliphatic carbocycles. The molecule has 0 unspecified atom stereocenters. The van der Waals surface area contributed by atoms with Crippen LogP contribution in [0.15, 0.2) is 24.3 Å². The van der Waals surface area contributed by atoms with Gasteiger partial charge >= 0.3 is 0 Å². The Morgan fingerprint density at radius 3 is 1.95 bits per heavy atom. The van der Waals surface area contributed by atoms with Gasteiger partial charge in [0.2, 0.25) is 0 Å². The van der Waals surface area contributed by atoms with E-state index >= 15 is 0 Å². The van der Waals surface area contributed by atoms with Crippen LogP contribution in [0, 0.1) is 0 Å². The molecule has 0 N–H and O–H groups in total. The topological polar surface area (TPSA) is 30.9 Å². The molecular weight excluding hydrogens is 242 g/mol. The van der Waals surface area contributed by atoms with Crippen LogP contribution in [-0.2, 0) is 4.74 Å². The van der Waals surface area contributed by atoms with Crippen LogP contribution in [0.2, 0.25) is 0 Å². The largest absolute Gasteiger partial charge is 0.494 e. The number of benzene rings is 1. The van der Waals surface area contributed by atoms with Gasteiger partial charge in [-0.3, -0.25) is 0 Å². The van der Waals surface area contributed by atoms with Gasteiger partial charge in [0.25, 0.3) is 0 Å². The fourth-order valence-electron chi connectivity index (χ4n) is 1.42. The molecule has 1 rings (SSSR count). The second-order valence-corrected chi connectivity index (χ2v) is 4.58. The highest BCUT2D eigenvalue weighted by Gasteiger charge is 1.97. The minimum absolute atomic E-state index is 0.572. The lowest BCUT2D eigenvalue weighted by Gasteiger charge is -2.11. The van der Waals surface area contributed by atoms with Gasteiger partial charge in [0, 0.05) is 6.54 Å². The van der Waals surface area contributed by atoms with E-state index in [1.54, 1.807) is 0 Å². The van der Waals surface area contributed by atoms with Gasteiger partial charge in [0.15, 0.2) is 0 Å². The van der Waals surface area contributed by atoms with E-state index in [1.807, 2.05) is 38.4 Å². The third kappa shape index (κ3) is 7.70. The van der Waals surface area contributed by atoms with E-state index in [-0.39, 0.29) is 0 Å². The maximum absolute atomic E-state index is 5.58. The summed E-state index contributed by atoms with van der Waals surface area (Å²) in [5.74, 6) is 1.73. The molecule has 108 valence electrons. The first-order valence-corrected chi connectivity index (χ1v) is 6.80. The molecule has 1 aromatic carbocycles. The zero-order chi connectivity index (χ0) is 13.9. The van der Waals surface area contributed by atoms with Crippen molar-refractivity contribution in [2.24, 2.45) is 0 Å². The van der Waals surface area contributed by atoms with E-state index in [0.29, 0.717) is 13.2 Å². The molecule has 0 spiro atoms. The second-order valence-electron chi connectivity index (χ2n) is 4.58. The molecule has 1 aromatic rings. The maximum Gasteiger partial charge on any atom is 0.119 e. The minimum atomic E-state index is 0.572. The summed E-state index contributed by atoms with van der Waals surface area (Å²) in [6, 6.07) is 7.70. The van der Waals surface area contributed by atoms with Crippen molar-refractivity contribution in [3.05, 3.63) is 24.3 Å². The Labute approximate surface area is 116 Å². The van der Waals surface area contributed by atoms with Crippen molar-refractivity contribution in [1.29, 1.82) is 0 Å². The van der Waals surface area contributed by atoms with Crippen molar-refractivity contribution in [2.75, 3.05) is 47.1 Å². The molecular formula is C15H25NO3. The van der Waals surface area contributed by atoms with Crippen molar-refractivity contribution in [1.82, 2.24) is 4.90 Å². The van der Waals surface area contributed by atoms with Crippen LogP contribution >= 0.6 is 0 Å². The molecule has 0 aliphatic heterocycles. The first kappa shape index (κ1) is 15.8. The van der Waals surface area contributed by atoms with Crippen LogP contribution in [0.5, 0.6) is 11.5 Å². The molecule has 4 nitrogen and oxygen atoms in total. The normalized spacial score (nSPS) is 10.7. The Balaban J connectivity index is 2.12. The smallest absolute Gasteiger partial charge is 0.119 e. The highest BCUT2D eigenvalue weighted by Crippen LogP contribution is 2.17. The molecule has 0 saturated carbocycles. The first-order valence-electron chi connectivity index (χ1n) is 6.80. The summed E-state index contributed by atoms with van der Waals surface area (Å²) in [6.07, 6.45) is 1.02. The van der Waals surface area contributed by atoms with Gasteiger partial charge in [-0.1, -0.05) is 6.92 Å². The Hall–Kier alpha value is -1.26. The van der Waals surface area contributed by atoms with Gasteiger partial charge in [-0.15, -0.1) is 0 Å². The zero-order valence-corrected chi connectivity index (χ0v) is 12.2. The number of hydrogen-bond donors (Lipinski definition) is 0. The lowest BCUT2D eigenvalue weighted by atomic mass is 10.3. The van der Waals surface area contributed by atoms with Crippen LogP contribution in [0.3, 0.4) is 0 Å². The number of ether oxygens (including phenoxy) is 3. The second kappa shape index (κ2) is 9.64. The third-order valence-electron chi connectivity index (χ3n) is 2.48. The summed E-state index contributed by atoms with van der Waals surface area (Å²) >= 11 is 0. The van der Waals surface area contributed by atoms with Gasteiger partial charge in [-0.05, 0) is 44.8 Å². The standard InChI is InChI=1S/C15H25NO3/c1-4-10-18-14-5-7-15(8-6-14)19-13-12-17-11-9-16(2)3/h5-8H,4,9-13H2,1-3H3. The zero-order valence-electron chi connectivity index (χ0n) is 12.2. The SMILES string of the molecule is CCCOc1ccc(OCCOCCN(C)C)cc1. The quantitative estimate of drug-likeness (QED) is 0.609. The van der Waals surface area contributed by atoms with E-state index in [0.717, 1.165) is 37.7 Å². The molecule has 0 aliphatic rings. The third-order valence-corrected chi connectivity index (χ3v) is 2.48. The monoisotopic (exact) mass is 267 g/mol. The van der Waals surface area contributed by atoms with Crippen molar-refractivity contribution in [2.45, 2.75) is 13.3 Å². The number of nitrogens with zero attached hydrogens (tertiary/aromatic N) is 1. The van der Waals surface area contributed by atoms with Crippen molar-refractivity contribution in [3.8, 4) is 11.5 Å². The predicted octanol–water partition coefficient (Wildman–Crippen LogP) is 2.43. The van der Waals surface area contributed by atoms with Crippen molar-refractivity contribution >= 4 is 0 Å². The van der Waals surface area contributed by atoms with Gasteiger partial charge in [0.1, 0.15) is 18.1 Å². The number of hydrogen-bond acceptors (Lipinski definition) is 4. The van der Waals surface area contributed by atoms with E-state index < -0.39 is 0 Å². The van der Waals surface area contributed by atoms with Crippen LogP contribution in [0.1, 0.15) is 13.3 Å². The van der Waals surface area contributed by atoms with Gasteiger partial charge in [-0.25, -0.2) is 0 Å². The van der Waals surface area contributed by atoms with Gasteiger partial charge in [-0.2, -0.15) is 0 Å². The average molecular weight is 267 g/mol. The van der Waals surface area contributed by atoms with Crippen LogP contribution < -0.4 is 9.47 Å². The molecule has 0 atom stereocenters. The van der Waals surface area contributed by atoms with Crippen molar-refractivity contribution in [3.63, 3.8) is 0 Å². The molecule has 0 radical (unpaired) electrons. The summed E-state index contributed by atoms with van der Waals surface area (Å²) in [6.45, 7) is 5.70. The fraction of sp³-hybridized carbons (Fsp3) is 0.600. The molecule has 0 heterocycles. The minimum Gasteiger partial charge on any atom is -0.494 e. The van der Waals surface area contributed by atoms with Crippen LogP contribution in [0.4, 0.5) is 0 Å². The Kier molecular flexibility index (Phi) is 8.02. The lowest BCUT2D eigenvalue weighted by Crippen LogP contribution is -2.19. The molecule has 0 amide bonds. The highest BCUT2D eigenvalue weighted by molar-refractivity contribution is 5.31. The average Bonchev–Trinajstić information content (AvgIpc) is 2.41. The Bertz CT molecular complexity index is 325. The number of likely N-dealkylation sites (N-methyl/N-ethyl adjacent to an activating group) is 1. The highest BCUT2D eigenvalue weighted by atomic mass is 16.5. The Morgan fingerprint density at radius 2 is 1.42 bits per heavy atom. The molecule has 19 heavy (non-hydrogen) atoms. The number of rotatable bonds is 10. The summed E-state index contributed by atoms with van der Waals surface area (Å²) in [4.78, 5) is 2.09. The Morgan fingerprint density at radius 1 is 0.842 bits per heavy atom. The molecule has 0 saturated heterocycles. The van der Waals surface area contributed by atoms with E-state index in [2.05, 4.69) is 11.8 Å². The molecule has 4 heteroatoms. The summed E-state index contributed by atoms with van der Waals surface area (Å²) < 4.78 is 16.5.